The predicted molar refractivity (Wildman–Crippen MR) is 79.4 cm³/mol. The molecule has 5 nitrogen and oxygen atoms in total. The van der Waals surface area contributed by atoms with Crippen molar-refractivity contribution in [2.45, 2.75) is 19.8 Å². The minimum absolute atomic E-state index is 0.214. The van der Waals surface area contributed by atoms with E-state index in [2.05, 4.69) is 34.1 Å². The maximum atomic E-state index is 11.8. The van der Waals surface area contributed by atoms with Crippen molar-refractivity contribution in [1.82, 2.24) is 9.66 Å². The minimum Gasteiger partial charge on any atom is -0.356 e. The number of hydrogen-bond acceptors (Lipinski definition) is 4. The molecule has 0 amide bonds. The van der Waals surface area contributed by atoms with Crippen molar-refractivity contribution >= 4 is 5.82 Å². The monoisotopic (exact) mass is 270 g/mol. The van der Waals surface area contributed by atoms with Crippen LogP contribution in [0, 0.1) is 6.92 Å². The van der Waals surface area contributed by atoms with Gasteiger partial charge in [0.2, 0.25) is 0 Å². The number of nitrogen functional groups attached to an aromatic ring is 1. The van der Waals surface area contributed by atoms with Crippen LogP contribution >= 0.6 is 0 Å². The standard InChI is InChI=1S/C15H18N4O/c1-11-17-14(10-15(20)19(11)16)18-8-6-12-4-2-3-5-13(12)7-9-18/h2-5,10H,6-9,16H2,1H3. The molecule has 2 aromatic rings. The molecule has 0 spiro atoms. The van der Waals surface area contributed by atoms with E-state index in [9.17, 15) is 4.79 Å². The third kappa shape index (κ3) is 2.27. The SMILES string of the molecule is Cc1nc(N2CCc3ccccc3CC2)cc(=O)n1N. The molecule has 2 N–H and O–H groups in total. The van der Waals surface area contributed by atoms with Crippen LogP contribution in [0.15, 0.2) is 35.1 Å². The molecular weight excluding hydrogens is 252 g/mol. The number of fused-ring (bicyclic) bond motifs is 1. The summed E-state index contributed by atoms with van der Waals surface area (Å²) in [6, 6.07) is 10.0. The van der Waals surface area contributed by atoms with Crippen LogP contribution in [0.4, 0.5) is 5.82 Å². The highest BCUT2D eigenvalue weighted by Gasteiger charge is 2.16. The molecule has 0 unspecified atom stereocenters. The van der Waals surface area contributed by atoms with E-state index in [1.807, 2.05) is 0 Å². The van der Waals surface area contributed by atoms with Crippen molar-refractivity contribution in [3.05, 3.63) is 57.6 Å². The van der Waals surface area contributed by atoms with Crippen LogP contribution < -0.4 is 16.3 Å². The lowest BCUT2D eigenvalue weighted by molar-refractivity contribution is 0.759. The molecular formula is C15H18N4O. The average Bonchev–Trinajstić information content (AvgIpc) is 2.67. The number of aryl methyl sites for hydroxylation is 1. The summed E-state index contributed by atoms with van der Waals surface area (Å²) in [6.07, 6.45) is 1.95. The maximum absolute atomic E-state index is 11.8. The average molecular weight is 270 g/mol. The van der Waals surface area contributed by atoms with Gasteiger partial charge in [-0.15, -0.1) is 0 Å². The molecule has 0 saturated heterocycles. The first kappa shape index (κ1) is 12.7. The maximum Gasteiger partial charge on any atom is 0.273 e. The Bertz CT molecular complexity index is 666. The zero-order valence-corrected chi connectivity index (χ0v) is 11.5. The molecule has 1 aromatic carbocycles. The second-order valence-electron chi connectivity index (χ2n) is 5.13. The largest absolute Gasteiger partial charge is 0.356 e. The van der Waals surface area contributed by atoms with Crippen LogP contribution in [0.2, 0.25) is 0 Å². The lowest BCUT2D eigenvalue weighted by atomic mass is 10.0. The van der Waals surface area contributed by atoms with E-state index in [1.165, 1.54) is 17.2 Å². The first-order chi connectivity index (χ1) is 9.65. The highest BCUT2D eigenvalue weighted by atomic mass is 16.1. The van der Waals surface area contributed by atoms with Gasteiger partial charge in [0.1, 0.15) is 11.6 Å². The van der Waals surface area contributed by atoms with Crippen LogP contribution in [0.25, 0.3) is 0 Å². The summed E-state index contributed by atoms with van der Waals surface area (Å²) in [5.41, 5.74) is 2.56. The Hall–Kier alpha value is -2.30. The van der Waals surface area contributed by atoms with Gasteiger partial charge in [-0.25, -0.2) is 9.66 Å². The molecule has 20 heavy (non-hydrogen) atoms. The molecule has 3 rings (SSSR count). The van der Waals surface area contributed by atoms with Crippen molar-refractivity contribution in [2.24, 2.45) is 0 Å². The number of benzene rings is 1. The van der Waals surface area contributed by atoms with Gasteiger partial charge >= 0.3 is 0 Å². The highest BCUT2D eigenvalue weighted by Crippen LogP contribution is 2.18. The van der Waals surface area contributed by atoms with Crippen molar-refractivity contribution < 1.29 is 0 Å². The molecule has 0 atom stereocenters. The quantitative estimate of drug-likeness (QED) is 0.781. The van der Waals surface area contributed by atoms with E-state index in [1.54, 1.807) is 6.92 Å². The molecule has 2 heterocycles. The van der Waals surface area contributed by atoms with Gasteiger partial charge in [0.25, 0.3) is 5.56 Å². The summed E-state index contributed by atoms with van der Waals surface area (Å²) in [7, 11) is 0. The Morgan fingerprint density at radius 2 is 1.75 bits per heavy atom. The second kappa shape index (κ2) is 5.00. The molecule has 0 bridgehead atoms. The van der Waals surface area contributed by atoms with Crippen LogP contribution in [0.5, 0.6) is 0 Å². The Kier molecular flexibility index (Phi) is 3.18. The van der Waals surface area contributed by atoms with Crippen molar-refractivity contribution in [1.29, 1.82) is 0 Å². The minimum atomic E-state index is -0.214. The van der Waals surface area contributed by atoms with Crippen molar-refractivity contribution in [3.8, 4) is 0 Å². The molecule has 104 valence electrons. The fourth-order valence-electron chi connectivity index (χ4n) is 2.65. The summed E-state index contributed by atoms with van der Waals surface area (Å²) in [5.74, 6) is 6.86. The van der Waals surface area contributed by atoms with Crippen LogP contribution in [-0.4, -0.2) is 22.7 Å². The fourth-order valence-corrected chi connectivity index (χ4v) is 2.65. The molecule has 0 saturated carbocycles. The normalized spacial score (nSPS) is 14.8. The summed E-state index contributed by atoms with van der Waals surface area (Å²) in [5, 5.41) is 0. The van der Waals surface area contributed by atoms with E-state index in [0.717, 1.165) is 36.4 Å². The Labute approximate surface area is 117 Å². The van der Waals surface area contributed by atoms with Gasteiger partial charge < -0.3 is 10.7 Å². The molecule has 0 fully saturated rings. The Balaban J connectivity index is 1.89. The van der Waals surface area contributed by atoms with Crippen molar-refractivity contribution in [2.75, 3.05) is 23.8 Å². The number of nitrogens with zero attached hydrogens (tertiary/aromatic N) is 3. The predicted octanol–water partition coefficient (Wildman–Crippen LogP) is 0.871. The number of anilines is 1. The lowest BCUT2D eigenvalue weighted by Gasteiger charge is -2.21. The second-order valence-corrected chi connectivity index (χ2v) is 5.13. The molecule has 0 radical (unpaired) electrons. The summed E-state index contributed by atoms with van der Waals surface area (Å²) in [4.78, 5) is 18.4. The van der Waals surface area contributed by atoms with E-state index in [0.29, 0.717) is 5.82 Å². The van der Waals surface area contributed by atoms with E-state index in [4.69, 9.17) is 5.84 Å². The van der Waals surface area contributed by atoms with Gasteiger partial charge in [0.15, 0.2) is 0 Å². The first-order valence-electron chi connectivity index (χ1n) is 6.82. The van der Waals surface area contributed by atoms with E-state index < -0.39 is 0 Å². The summed E-state index contributed by atoms with van der Waals surface area (Å²) >= 11 is 0. The van der Waals surface area contributed by atoms with Gasteiger partial charge in [-0.05, 0) is 30.9 Å². The van der Waals surface area contributed by atoms with Crippen molar-refractivity contribution in [3.63, 3.8) is 0 Å². The first-order valence-corrected chi connectivity index (χ1v) is 6.82. The Morgan fingerprint density at radius 1 is 1.15 bits per heavy atom. The molecule has 1 aliphatic heterocycles. The zero-order valence-electron chi connectivity index (χ0n) is 11.5. The van der Waals surface area contributed by atoms with Gasteiger partial charge in [-0.2, -0.15) is 0 Å². The molecule has 5 heteroatoms. The van der Waals surface area contributed by atoms with Gasteiger partial charge in [0, 0.05) is 19.2 Å². The van der Waals surface area contributed by atoms with Crippen LogP contribution in [0.1, 0.15) is 17.0 Å². The van der Waals surface area contributed by atoms with Gasteiger partial charge in [-0.3, -0.25) is 4.79 Å². The highest BCUT2D eigenvalue weighted by molar-refractivity contribution is 5.41. The molecule has 1 aromatic heterocycles. The van der Waals surface area contributed by atoms with Gasteiger partial charge in [-0.1, -0.05) is 24.3 Å². The number of rotatable bonds is 1. The third-order valence-corrected chi connectivity index (χ3v) is 3.86. The molecule has 1 aliphatic rings. The number of aromatic nitrogens is 2. The zero-order chi connectivity index (χ0) is 14.1. The van der Waals surface area contributed by atoms with Crippen LogP contribution in [0.3, 0.4) is 0 Å². The summed E-state index contributed by atoms with van der Waals surface area (Å²) < 4.78 is 1.08. The smallest absolute Gasteiger partial charge is 0.273 e. The lowest BCUT2D eigenvalue weighted by Crippen LogP contribution is -2.34. The summed E-state index contributed by atoms with van der Waals surface area (Å²) in [6.45, 7) is 3.49. The number of nitrogens with two attached hydrogens (primary N) is 1. The van der Waals surface area contributed by atoms with E-state index in [-0.39, 0.29) is 5.56 Å². The Morgan fingerprint density at radius 3 is 2.30 bits per heavy atom. The van der Waals surface area contributed by atoms with E-state index >= 15 is 0 Å². The topological polar surface area (TPSA) is 64.2 Å². The third-order valence-electron chi connectivity index (χ3n) is 3.86. The fraction of sp³-hybridized carbons (Fsp3) is 0.333. The molecule has 0 aliphatic carbocycles. The van der Waals surface area contributed by atoms with Gasteiger partial charge in [0.05, 0.1) is 0 Å². The number of hydrogen-bond donors (Lipinski definition) is 1. The van der Waals surface area contributed by atoms with Crippen LogP contribution in [-0.2, 0) is 12.8 Å².